The molecule has 108 valence electrons. The van der Waals surface area contributed by atoms with Gasteiger partial charge in [0.2, 0.25) is 0 Å². The van der Waals surface area contributed by atoms with Crippen molar-refractivity contribution in [2.45, 2.75) is 6.92 Å². The second-order valence-electron chi connectivity index (χ2n) is 4.33. The van der Waals surface area contributed by atoms with Crippen molar-refractivity contribution in [3.05, 3.63) is 62.6 Å². The van der Waals surface area contributed by atoms with Gasteiger partial charge in [-0.25, -0.2) is 4.79 Å². The molecule has 0 aromatic heterocycles. The van der Waals surface area contributed by atoms with Crippen LogP contribution in [0.4, 0.5) is 5.69 Å². The molecule has 0 aliphatic carbocycles. The molecule has 2 aromatic carbocycles. The third-order valence-corrected chi connectivity index (χ3v) is 4.17. The number of nitrogens with one attached hydrogen (secondary N) is 1. The van der Waals surface area contributed by atoms with Crippen LogP contribution in [0.15, 0.2) is 40.9 Å². The lowest BCUT2D eigenvalue weighted by Crippen LogP contribution is -2.16. The fourth-order valence-electron chi connectivity index (χ4n) is 1.86. The Morgan fingerprint density at radius 1 is 1.14 bits per heavy atom. The molecule has 0 aliphatic rings. The van der Waals surface area contributed by atoms with Crippen molar-refractivity contribution in [3.8, 4) is 0 Å². The quantitative estimate of drug-likeness (QED) is 0.846. The Bertz CT molecular complexity index is 731. The molecule has 1 amide bonds. The highest BCUT2D eigenvalue weighted by molar-refractivity contribution is 9.10. The summed E-state index contributed by atoms with van der Waals surface area (Å²) in [6, 6.07) is 9.65. The van der Waals surface area contributed by atoms with E-state index in [2.05, 4.69) is 21.2 Å². The lowest BCUT2D eigenvalue weighted by atomic mass is 10.1. The minimum Gasteiger partial charge on any atom is -0.478 e. The highest BCUT2D eigenvalue weighted by Crippen LogP contribution is 2.27. The Balaban J connectivity index is 2.41. The van der Waals surface area contributed by atoms with Gasteiger partial charge in [0.1, 0.15) is 0 Å². The zero-order valence-electron chi connectivity index (χ0n) is 11.0. The second-order valence-corrected chi connectivity index (χ2v) is 5.60. The first-order chi connectivity index (χ1) is 9.91. The molecular formula is C15H11BrClNO3. The van der Waals surface area contributed by atoms with E-state index in [-0.39, 0.29) is 16.3 Å². The molecule has 4 nitrogen and oxygen atoms in total. The summed E-state index contributed by atoms with van der Waals surface area (Å²) < 4.78 is 0.799. The van der Waals surface area contributed by atoms with Gasteiger partial charge in [-0.1, -0.05) is 39.7 Å². The molecule has 0 atom stereocenters. The molecule has 0 unspecified atom stereocenters. The molecule has 0 spiro atoms. The Morgan fingerprint density at radius 3 is 2.43 bits per heavy atom. The Kier molecular flexibility index (Phi) is 4.65. The first kappa shape index (κ1) is 15.5. The maximum Gasteiger partial charge on any atom is 0.337 e. The maximum atomic E-state index is 12.3. The fraction of sp³-hybridized carbons (Fsp3) is 0.0667. The summed E-state index contributed by atoms with van der Waals surface area (Å²) in [4.78, 5) is 23.5. The average Bonchev–Trinajstić information content (AvgIpc) is 2.43. The van der Waals surface area contributed by atoms with Crippen molar-refractivity contribution in [3.63, 3.8) is 0 Å². The number of anilines is 1. The minimum atomic E-state index is -1.15. The molecular weight excluding hydrogens is 358 g/mol. The van der Waals surface area contributed by atoms with Crippen LogP contribution in [0.5, 0.6) is 0 Å². The van der Waals surface area contributed by atoms with Gasteiger partial charge in [0.15, 0.2) is 0 Å². The van der Waals surface area contributed by atoms with Gasteiger partial charge in [0.25, 0.3) is 5.91 Å². The van der Waals surface area contributed by atoms with Gasteiger partial charge >= 0.3 is 5.97 Å². The van der Waals surface area contributed by atoms with E-state index < -0.39 is 11.9 Å². The molecule has 0 heterocycles. The SMILES string of the molecule is Cc1c(Br)cccc1C(=O)Nc1c(Cl)cccc1C(=O)O. The van der Waals surface area contributed by atoms with Crippen LogP contribution in [-0.2, 0) is 0 Å². The van der Waals surface area contributed by atoms with Crippen molar-refractivity contribution < 1.29 is 14.7 Å². The van der Waals surface area contributed by atoms with Crippen LogP contribution in [-0.4, -0.2) is 17.0 Å². The van der Waals surface area contributed by atoms with E-state index in [4.69, 9.17) is 16.7 Å². The van der Waals surface area contributed by atoms with E-state index in [1.807, 2.05) is 6.07 Å². The molecule has 0 saturated heterocycles. The Morgan fingerprint density at radius 2 is 1.76 bits per heavy atom. The molecule has 0 saturated carbocycles. The summed E-state index contributed by atoms with van der Waals surface area (Å²) in [6.45, 7) is 1.80. The molecule has 6 heteroatoms. The van der Waals surface area contributed by atoms with E-state index in [0.29, 0.717) is 5.56 Å². The van der Waals surface area contributed by atoms with Crippen LogP contribution in [0.25, 0.3) is 0 Å². The zero-order valence-corrected chi connectivity index (χ0v) is 13.3. The number of para-hydroxylation sites is 1. The number of carboxylic acids is 1. The van der Waals surface area contributed by atoms with Gasteiger partial charge in [0.05, 0.1) is 16.3 Å². The van der Waals surface area contributed by atoms with E-state index in [1.54, 1.807) is 19.1 Å². The number of rotatable bonds is 3. The molecule has 0 bridgehead atoms. The number of hydrogen-bond donors (Lipinski definition) is 2. The number of hydrogen-bond acceptors (Lipinski definition) is 2. The number of carbonyl (C=O) groups is 2. The number of amides is 1. The number of carboxylic acid groups (broad SMARTS) is 1. The van der Waals surface area contributed by atoms with E-state index in [9.17, 15) is 9.59 Å². The molecule has 21 heavy (non-hydrogen) atoms. The van der Waals surface area contributed by atoms with E-state index >= 15 is 0 Å². The van der Waals surface area contributed by atoms with Gasteiger partial charge in [-0.15, -0.1) is 0 Å². The van der Waals surface area contributed by atoms with Gasteiger partial charge in [-0.3, -0.25) is 4.79 Å². The van der Waals surface area contributed by atoms with Crippen molar-refractivity contribution in [1.82, 2.24) is 0 Å². The van der Waals surface area contributed by atoms with Crippen molar-refractivity contribution in [2.24, 2.45) is 0 Å². The van der Waals surface area contributed by atoms with Gasteiger partial charge in [0, 0.05) is 10.0 Å². The molecule has 0 aliphatic heterocycles. The van der Waals surface area contributed by atoms with Crippen molar-refractivity contribution in [2.75, 3.05) is 5.32 Å². The summed E-state index contributed by atoms with van der Waals surface area (Å²) >= 11 is 9.34. The highest BCUT2D eigenvalue weighted by atomic mass is 79.9. The number of aromatic carboxylic acids is 1. The Hall–Kier alpha value is -1.85. The topological polar surface area (TPSA) is 66.4 Å². The Labute approximate surface area is 134 Å². The van der Waals surface area contributed by atoms with Crippen LogP contribution in [0.2, 0.25) is 5.02 Å². The molecule has 2 N–H and O–H groups in total. The van der Waals surface area contributed by atoms with Gasteiger partial charge in [-0.05, 0) is 36.8 Å². The second kappa shape index (κ2) is 6.28. The summed E-state index contributed by atoms with van der Waals surface area (Å²) in [6.07, 6.45) is 0. The summed E-state index contributed by atoms with van der Waals surface area (Å²) in [5.74, 6) is -1.57. The van der Waals surface area contributed by atoms with Gasteiger partial charge in [-0.2, -0.15) is 0 Å². The van der Waals surface area contributed by atoms with Crippen molar-refractivity contribution in [1.29, 1.82) is 0 Å². The predicted octanol–water partition coefficient (Wildman–Crippen LogP) is 4.36. The van der Waals surface area contributed by atoms with Crippen LogP contribution in [0.3, 0.4) is 0 Å². The van der Waals surface area contributed by atoms with E-state index in [0.717, 1.165) is 10.0 Å². The lowest BCUT2D eigenvalue weighted by molar-refractivity contribution is 0.0698. The first-order valence-corrected chi connectivity index (χ1v) is 7.17. The normalized spacial score (nSPS) is 10.2. The van der Waals surface area contributed by atoms with Crippen molar-refractivity contribution >= 4 is 45.1 Å². The summed E-state index contributed by atoms with van der Waals surface area (Å²) in [5.41, 5.74) is 1.25. The molecule has 2 aromatic rings. The van der Waals surface area contributed by atoms with Crippen LogP contribution >= 0.6 is 27.5 Å². The first-order valence-electron chi connectivity index (χ1n) is 6.00. The number of halogens is 2. The lowest BCUT2D eigenvalue weighted by Gasteiger charge is -2.12. The predicted molar refractivity (Wildman–Crippen MR) is 85.2 cm³/mol. The average molecular weight is 369 g/mol. The standard InChI is InChI=1S/C15H11BrClNO3/c1-8-9(4-2-6-11(8)16)14(19)18-13-10(15(20)21)5-3-7-12(13)17/h2-7H,1H3,(H,18,19)(H,20,21). The number of carbonyl (C=O) groups excluding carboxylic acids is 1. The van der Waals surface area contributed by atoms with Crippen LogP contribution in [0, 0.1) is 6.92 Å². The molecule has 0 radical (unpaired) electrons. The monoisotopic (exact) mass is 367 g/mol. The third-order valence-electron chi connectivity index (χ3n) is 2.99. The molecule has 2 rings (SSSR count). The minimum absolute atomic E-state index is 0.0523. The third kappa shape index (κ3) is 3.25. The molecule has 0 fully saturated rings. The highest BCUT2D eigenvalue weighted by Gasteiger charge is 2.17. The van der Waals surface area contributed by atoms with Crippen LogP contribution < -0.4 is 5.32 Å². The zero-order chi connectivity index (χ0) is 15.6. The summed E-state index contributed by atoms with van der Waals surface area (Å²) in [5, 5.41) is 11.9. The van der Waals surface area contributed by atoms with E-state index in [1.165, 1.54) is 18.2 Å². The number of benzene rings is 2. The van der Waals surface area contributed by atoms with Crippen LogP contribution in [0.1, 0.15) is 26.3 Å². The fourth-order valence-corrected chi connectivity index (χ4v) is 2.45. The summed E-state index contributed by atoms with van der Waals surface area (Å²) in [7, 11) is 0. The van der Waals surface area contributed by atoms with Gasteiger partial charge < -0.3 is 10.4 Å². The largest absolute Gasteiger partial charge is 0.478 e. The maximum absolute atomic E-state index is 12.3. The smallest absolute Gasteiger partial charge is 0.337 e.